The van der Waals surface area contributed by atoms with Crippen LogP contribution in [0.25, 0.3) is 0 Å². The highest BCUT2D eigenvalue weighted by molar-refractivity contribution is 7.89. The van der Waals surface area contributed by atoms with E-state index in [0.29, 0.717) is 31.5 Å². The number of amides is 1. The normalized spacial score (nSPS) is 16.9. The molecule has 7 nitrogen and oxygen atoms in total. The van der Waals surface area contributed by atoms with E-state index in [0.717, 1.165) is 19.3 Å². The number of sulfonamides is 1. The van der Waals surface area contributed by atoms with Crippen molar-refractivity contribution in [1.29, 1.82) is 0 Å². The Morgan fingerprint density at radius 2 is 1.63 bits per heavy atom. The van der Waals surface area contributed by atoms with E-state index in [2.05, 4.69) is 5.32 Å². The van der Waals surface area contributed by atoms with Crippen LogP contribution in [0.1, 0.15) is 56.3 Å². The van der Waals surface area contributed by atoms with E-state index in [-0.39, 0.29) is 11.4 Å². The Labute approximate surface area is 160 Å². The summed E-state index contributed by atoms with van der Waals surface area (Å²) in [5.41, 5.74) is -0.593. The quantitative estimate of drug-likeness (QED) is 0.702. The third-order valence-electron chi connectivity index (χ3n) is 5.31. The summed E-state index contributed by atoms with van der Waals surface area (Å²) >= 11 is 0. The molecule has 0 heterocycles. The van der Waals surface area contributed by atoms with Gasteiger partial charge in [0.05, 0.1) is 10.3 Å². The molecule has 0 spiro atoms. The van der Waals surface area contributed by atoms with Gasteiger partial charge in [-0.2, -0.15) is 4.31 Å². The van der Waals surface area contributed by atoms with Crippen LogP contribution in [0.15, 0.2) is 29.2 Å². The number of carbonyl (C=O) groups excluding carboxylic acids is 1. The van der Waals surface area contributed by atoms with Crippen molar-refractivity contribution in [2.24, 2.45) is 5.41 Å². The second-order valence-electron chi connectivity index (χ2n) is 6.94. The highest BCUT2D eigenvalue weighted by Gasteiger charge is 2.39. The molecule has 0 saturated heterocycles. The average Bonchev–Trinajstić information content (AvgIpc) is 2.67. The van der Waals surface area contributed by atoms with Crippen molar-refractivity contribution in [2.75, 3.05) is 19.6 Å². The van der Waals surface area contributed by atoms with E-state index in [1.807, 2.05) is 0 Å². The van der Waals surface area contributed by atoms with Gasteiger partial charge in [0.15, 0.2) is 0 Å². The van der Waals surface area contributed by atoms with E-state index in [4.69, 9.17) is 0 Å². The molecule has 8 heteroatoms. The van der Waals surface area contributed by atoms with E-state index >= 15 is 0 Å². The summed E-state index contributed by atoms with van der Waals surface area (Å²) in [6.07, 6.45) is 3.83. The summed E-state index contributed by atoms with van der Waals surface area (Å²) in [6.45, 7) is 4.37. The van der Waals surface area contributed by atoms with Crippen molar-refractivity contribution < 1.29 is 23.1 Å². The van der Waals surface area contributed by atoms with Gasteiger partial charge in [-0.1, -0.05) is 33.1 Å². The highest BCUT2D eigenvalue weighted by Crippen LogP contribution is 2.36. The predicted octanol–water partition coefficient (Wildman–Crippen LogP) is 2.48. The number of nitrogens with zero attached hydrogens (tertiary/aromatic N) is 1. The lowest BCUT2D eigenvalue weighted by atomic mass is 9.74. The van der Waals surface area contributed by atoms with Crippen molar-refractivity contribution in [3.8, 4) is 0 Å². The van der Waals surface area contributed by atoms with Crippen molar-refractivity contribution in [2.45, 2.75) is 50.8 Å². The van der Waals surface area contributed by atoms with Crippen molar-refractivity contribution in [3.05, 3.63) is 29.8 Å². The Balaban J connectivity index is 2.08. The first kappa shape index (κ1) is 21.4. The lowest BCUT2D eigenvalue weighted by Gasteiger charge is -2.33. The zero-order valence-corrected chi connectivity index (χ0v) is 16.7. The maximum absolute atomic E-state index is 12.5. The van der Waals surface area contributed by atoms with Gasteiger partial charge in [-0.05, 0) is 37.1 Å². The first-order valence-corrected chi connectivity index (χ1v) is 10.8. The fourth-order valence-electron chi connectivity index (χ4n) is 3.54. The molecule has 0 atom stereocenters. The maximum atomic E-state index is 12.5. The Morgan fingerprint density at radius 1 is 1.07 bits per heavy atom. The third-order valence-corrected chi connectivity index (χ3v) is 7.38. The second kappa shape index (κ2) is 8.84. The molecule has 0 aliphatic heterocycles. The third kappa shape index (κ3) is 4.68. The van der Waals surface area contributed by atoms with Crippen molar-refractivity contribution in [1.82, 2.24) is 9.62 Å². The van der Waals surface area contributed by atoms with E-state index in [9.17, 15) is 23.1 Å². The fourth-order valence-corrected chi connectivity index (χ4v) is 5.00. The number of hydrogen-bond donors (Lipinski definition) is 2. The summed E-state index contributed by atoms with van der Waals surface area (Å²) < 4.78 is 26.3. The first-order valence-electron chi connectivity index (χ1n) is 9.38. The summed E-state index contributed by atoms with van der Waals surface area (Å²) in [5, 5.41) is 12.3. The standard InChI is InChI=1S/C19H28N2O5S/c1-3-21(4-2)27(25,26)16-10-8-15(9-11-16)17(22)20-14-19(18(23)24)12-6-5-7-13-19/h8-11H,3-7,12-14H2,1-2H3,(H,20,22)(H,23,24). The lowest BCUT2D eigenvalue weighted by molar-refractivity contribution is -0.150. The molecule has 1 aliphatic rings. The Morgan fingerprint density at radius 3 is 2.11 bits per heavy atom. The number of carbonyl (C=O) groups is 2. The van der Waals surface area contributed by atoms with Gasteiger partial charge in [-0.3, -0.25) is 9.59 Å². The van der Waals surface area contributed by atoms with Gasteiger partial charge in [-0.25, -0.2) is 8.42 Å². The first-order chi connectivity index (χ1) is 12.8. The van der Waals surface area contributed by atoms with Gasteiger partial charge < -0.3 is 10.4 Å². The van der Waals surface area contributed by atoms with Crippen LogP contribution in [0, 0.1) is 5.41 Å². The predicted molar refractivity (Wildman–Crippen MR) is 102 cm³/mol. The van der Waals surface area contributed by atoms with Crippen LogP contribution < -0.4 is 5.32 Å². The molecule has 150 valence electrons. The van der Waals surface area contributed by atoms with Crippen LogP contribution in [-0.4, -0.2) is 49.3 Å². The van der Waals surface area contributed by atoms with Crippen LogP contribution in [-0.2, 0) is 14.8 Å². The molecule has 1 aromatic rings. The topological polar surface area (TPSA) is 104 Å². The maximum Gasteiger partial charge on any atom is 0.311 e. The monoisotopic (exact) mass is 396 g/mol. The zero-order valence-electron chi connectivity index (χ0n) is 15.9. The fraction of sp³-hybridized carbons (Fsp3) is 0.579. The molecular formula is C19H28N2O5S. The van der Waals surface area contributed by atoms with Crippen LogP contribution >= 0.6 is 0 Å². The molecule has 0 aromatic heterocycles. The lowest BCUT2D eigenvalue weighted by Crippen LogP contribution is -2.44. The molecule has 0 radical (unpaired) electrons. The Bertz CT molecular complexity index is 764. The number of aliphatic carboxylic acids is 1. The SMILES string of the molecule is CCN(CC)S(=O)(=O)c1ccc(C(=O)NCC2(C(=O)O)CCCCC2)cc1. The molecule has 27 heavy (non-hydrogen) atoms. The number of carboxylic acid groups (broad SMARTS) is 1. The zero-order chi connectivity index (χ0) is 20.1. The van der Waals surface area contributed by atoms with Gasteiger partial charge in [0, 0.05) is 25.2 Å². The van der Waals surface area contributed by atoms with Crippen LogP contribution in [0.5, 0.6) is 0 Å². The molecule has 1 aromatic carbocycles. The molecule has 0 bridgehead atoms. The summed E-state index contributed by atoms with van der Waals surface area (Å²) in [4.78, 5) is 24.2. The molecule has 2 N–H and O–H groups in total. The minimum absolute atomic E-state index is 0.0840. The van der Waals surface area contributed by atoms with Crippen molar-refractivity contribution >= 4 is 21.9 Å². The second-order valence-corrected chi connectivity index (χ2v) is 8.88. The Hall–Kier alpha value is -1.93. The number of hydrogen-bond acceptors (Lipinski definition) is 4. The minimum Gasteiger partial charge on any atom is -0.481 e. The largest absolute Gasteiger partial charge is 0.481 e. The summed E-state index contributed by atoms with van der Waals surface area (Å²) in [6, 6.07) is 5.74. The van der Waals surface area contributed by atoms with Gasteiger partial charge in [0.1, 0.15) is 0 Å². The molecule has 1 fully saturated rings. The van der Waals surface area contributed by atoms with E-state index in [1.165, 1.54) is 28.6 Å². The summed E-state index contributed by atoms with van der Waals surface area (Å²) in [7, 11) is -3.57. The van der Waals surface area contributed by atoms with E-state index < -0.39 is 27.3 Å². The van der Waals surface area contributed by atoms with Gasteiger partial charge >= 0.3 is 5.97 Å². The Kier molecular flexibility index (Phi) is 7.00. The van der Waals surface area contributed by atoms with Gasteiger partial charge in [0.2, 0.25) is 10.0 Å². The number of nitrogens with one attached hydrogen (secondary N) is 1. The molecule has 1 saturated carbocycles. The van der Waals surface area contributed by atoms with Crippen LogP contribution in [0.2, 0.25) is 0 Å². The number of carboxylic acids is 1. The molecule has 1 amide bonds. The van der Waals surface area contributed by atoms with Gasteiger partial charge in [-0.15, -0.1) is 0 Å². The molecule has 1 aliphatic carbocycles. The van der Waals surface area contributed by atoms with Crippen LogP contribution in [0.4, 0.5) is 0 Å². The number of rotatable bonds is 8. The summed E-state index contributed by atoms with van der Waals surface area (Å²) in [5.74, 6) is -1.27. The highest BCUT2D eigenvalue weighted by atomic mass is 32.2. The van der Waals surface area contributed by atoms with Crippen LogP contribution in [0.3, 0.4) is 0 Å². The number of benzene rings is 1. The van der Waals surface area contributed by atoms with Crippen molar-refractivity contribution in [3.63, 3.8) is 0 Å². The molecule has 2 rings (SSSR count). The smallest absolute Gasteiger partial charge is 0.311 e. The van der Waals surface area contributed by atoms with Gasteiger partial charge in [0.25, 0.3) is 5.91 Å². The average molecular weight is 397 g/mol. The van der Waals surface area contributed by atoms with E-state index in [1.54, 1.807) is 13.8 Å². The minimum atomic E-state index is -3.57. The molecule has 0 unspecified atom stereocenters. The molecular weight excluding hydrogens is 368 g/mol.